The van der Waals surface area contributed by atoms with E-state index in [1.807, 2.05) is 0 Å². The van der Waals surface area contributed by atoms with E-state index in [1.54, 1.807) is 42.5 Å². The molecule has 0 bridgehead atoms. The predicted molar refractivity (Wildman–Crippen MR) is 101 cm³/mol. The van der Waals surface area contributed by atoms with Crippen molar-refractivity contribution in [2.45, 2.75) is 0 Å². The van der Waals surface area contributed by atoms with Crippen molar-refractivity contribution in [3.63, 3.8) is 0 Å². The molecule has 126 valence electrons. The molecule has 0 radical (unpaired) electrons. The molecule has 5 nitrogen and oxygen atoms in total. The molecule has 1 aliphatic rings. The fourth-order valence-corrected chi connectivity index (χ4v) is 3.39. The first-order valence-electron chi connectivity index (χ1n) is 7.01. The zero-order valence-corrected chi connectivity index (χ0v) is 14.8. The predicted octanol–water partition coefficient (Wildman–Crippen LogP) is 4.58. The van der Waals surface area contributed by atoms with Gasteiger partial charge in [-0.15, -0.1) is 0 Å². The monoisotopic (exact) mass is 392 g/mol. The van der Waals surface area contributed by atoms with E-state index in [2.05, 4.69) is 10.3 Å². The Labute approximate surface area is 157 Å². The molecule has 2 aromatic carbocycles. The van der Waals surface area contributed by atoms with Crippen LogP contribution in [0.4, 0.5) is 5.69 Å². The molecule has 0 aromatic heterocycles. The lowest BCUT2D eigenvalue weighted by atomic mass is 10.2. The number of carboxylic acid groups (broad SMARTS) is 1. The van der Waals surface area contributed by atoms with E-state index in [1.165, 1.54) is 6.07 Å². The van der Waals surface area contributed by atoms with E-state index in [0.717, 1.165) is 11.8 Å². The Hall–Kier alpha value is -2.28. The molecule has 25 heavy (non-hydrogen) atoms. The summed E-state index contributed by atoms with van der Waals surface area (Å²) in [5.74, 6) is -1.42. The number of amidine groups is 1. The van der Waals surface area contributed by atoms with Gasteiger partial charge in [-0.05, 0) is 47.7 Å². The normalized spacial score (nSPS) is 17.1. The molecule has 0 atom stereocenters. The van der Waals surface area contributed by atoms with Crippen LogP contribution in [0.5, 0.6) is 0 Å². The first kappa shape index (κ1) is 17.5. The van der Waals surface area contributed by atoms with Crippen molar-refractivity contribution in [3.05, 3.63) is 68.5 Å². The highest BCUT2D eigenvalue weighted by Crippen LogP contribution is 2.31. The number of hydrogen-bond acceptors (Lipinski definition) is 4. The van der Waals surface area contributed by atoms with Crippen LogP contribution in [0.15, 0.2) is 52.4 Å². The van der Waals surface area contributed by atoms with Gasteiger partial charge in [-0.1, -0.05) is 41.4 Å². The summed E-state index contributed by atoms with van der Waals surface area (Å²) in [4.78, 5) is 28.0. The molecule has 3 rings (SSSR count). The summed E-state index contributed by atoms with van der Waals surface area (Å²) < 4.78 is 0. The molecule has 1 heterocycles. The number of halogens is 2. The molecular formula is C17H10Cl2N2O3S. The summed E-state index contributed by atoms with van der Waals surface area (Å²) in [7, 11) is 0. The number of hydrogen-bond donors (Lipinski definition) is 2. The number of aromatic carboxylic acids is 1. The minimum Gasteiger partial charge on any atom is -0.478 e. The first-order chi connectivity index (χ1) is 11.9. The number of carbonyl (C=O) groups is 2. The van der Waals surface area contributed by atoms with Crippen LogP contribution in [-0.4, -0.2) is 22.2 Å². The van der Waals surface area contributed by atoms with E-state index in [4.69, 9.17) is 23.2 Å². The zero-order chi connectivity index (χ0) is 18.0. The Morgan fingerprint density at radius 2 is 1.96 bits per heavy atom. The molecule has 0 saturated carbocycles. The lowest BCUT2D eigenvalue weighted by Gasteiger charge is -2.01. The van der Waals surface area contributed by atoms with Crippen LogP contribution in [0.3, 0.4) is 0 Å². The lowest BCUT2D eigenvalue weighted by molar-refractivity contribution is -0.115. The van der Waals surface area contributed by atoms with Crippen LogP contribution in [-0.2, 0) is 4.79 Å². The number of para-hydroxylation sites is 1. The van der Waals surface area contributed by atoms with Gasteiger partial charge in [-0.3, -0.25) is 4.79 Å². The van der Waals surface area contributed by atoms with E-state index in [0.29, 0.717) is 25.7 Å². The van der Waals surface area contributed by atoms with Crippen molar-refractivity contribution in [2.75, 3.05) is 0 Å². The number of aliphatic imine (C=N–C) groups is 1. The smallest absolute Gasteiger partial charge is 0.337 e. The van der Waals surface area contributed by atoms with Crippen molar-refractivity contribution in [1.82, 2.24) is 5.32 Å². The second-order valence-corrected chi connectivity index (χ2v) is 6.84. The summed E-state index contributed by atoms with van der Waals surface area (Å²) in [5.41, 5.74) is 0.975. The number of amides is 1. The maximum atomic E-state index is 12.1. The third-order valence-corrected chi connectivity index (χ3v) is 4.73. The van der Waals surface area contributed by atoms with Crippen molar-refractivity contribution in [2.24, 2.45) is 4.99 Å². The van der Waals surface area contributed by atoms with Crippen molar-refractivity contribution in [3.8, 4) is 0 Å². The second kappa shape index (κ2) is 7.31. The van der Waals surface area contributed by atoms with Crippen LogP contribution >= 0.6 is 35.0 Å². The maximum Gasteiger partial charge on any atom is 0.337 e. The Bertz CT molecular complexity index is 941. The summed E-state index contributed by atoms with van der Waals surface area (Å²) in [6.07, 6.45) is 1.63. The van der Waals surface area contributed by atoms with Gasteiger partial charge in [0.25, 0.3) is 5.91 Å². The van der Waals surface area contributed by atoms with Gasteiger partial charge in [0.15, 0.2) is 5.17 Å². The van der Waals surface area contributed by atoms with E-state index in [-0.39, 0.29) is 17.2 Å². The number of rotatable bonds is 3. The van der Waals surface area contributed by atoms with Crippen LogP contribution in [0.25, 0.3) is 6.08 Å². The van der Waals surface area contributed by atoms with Crippen molar-refractivity contribution in [1.29, 1.82) is 0 Å². The zero-order valence-electron chi connectivity index (χ0n) is 12.5. The average molecular weight is 393 g/mol. The van der Waals surface area contributed by atoms with Gasteiger partial charge in [0, 0.05) is 10.0 Å². The van der Waals surface area contributed by atoms with Crippen LogP contribution in [0.2, 0.25) is 10.0 Å². The summed E-state index contributed by atoms with van der Waals surface area (Å²) in [5, 5.41) is 13.0. The Morgan fingerprint density at radius 3 is 2.68 bits per heavy atom. The molecule has 1 aliphatic heterocycles. The molecule has 1 saturated heterocycles. The van der Waals surface area contributed by atoms with Gasteiger partial charge in [0.1, 0.15) is 0 Å². The Balaban J connectivity index is 1.90. The van der Waals surface area contributed by atoms with Crippen molar-refractivity contribution >= 4 is 63.8 Å². The van der Waals surface area contributed by atoms with Gasteiger partial charge in [0.05, 0.1) is 16.2 Å². The number of nitrogens with zero attached hydrogens (tertiary/aromatic N) is 1. The molecule has 0 spiro atoms. The number of nitrogens with one attached hydrogen (secondary N) is 1. The van der Waals surface area contributed by atoms with Gasteiger partial charge < -0.3 is 10.4 Å². The molecular weight excluding hydrogens is 383 g/mol. The second-order valence-electron chi connectivity index (χ2n) is 4.97. The van der Waals surface area contributed by atoms with E-state index < -0.39 is 5.97 Å². The minimum absolute atomic E-state index is 0.0584. The van der Waals surface area contributed by atoms with Gasteiger partial charge in [-0.2, -0.15) is 0 Å². The van der Waals surface area contributed by atoms with Gasteiger partial charge in [0.2, 0.25) is 0 Å². The largest absolute Gasteiger partial charge is 0.478 e. The molecule has 8 heteroatoms. The van der Waals surface area contributed by atoms with Crippen LogP contribution in [0, 0.1) is 0 Å². The lowest BCUT2D eigenvalue weighted by Crippen LogP contribution is -2.19. The number of carbonyl (C=O) groups excluding carboxylic acids is 1. The molecule has 1 amide bonds. The summed E-state index contributed by atoms with van der Waals surface area (Å²) >= 11 is 13.1. The highest BCUT2D eigenvalue weighted by Gasteiger charge is 2.24. The van der Waals surface area contributed by atoms with E-state index in [9.17, 15) is 14.7 Å². The van der Waals surface area contributed by atoms with Gasteiger partial charge in [-0.25, -0.2) is 9.79 Å². The SMILES string of the molecule is O=C1NC(=Nc2ccccc2C(=O)O)SC1=Cc1ccc(Cl)cc1Cl. The topological polar surface area (TPSA) is 78.8 Å². The fraction of sp³-hybridized carbons (Fsp3) is 0. The third-order valence-electron chi connectivity index (χ3n) is 3.26. The highest BCUT2D eigenvalue weighted by atomic mass is 35.5. The number of benzene rings is 2. The molecule has 2 aromatic rings. The highest BCUT2D eigenvalue weighted by molar-refractivity contribution is 8.18. The Kier molecular flexibility index (Phi) is 5.13. The van der Waals surface area contributed by atoms with Crippen molar-refractivity contribution < 1.29 is 14.7 Å². The molecule has 2 N–H and O–H groups in total. The minimum atomic E-state index is -1.09. The molecule has 0 unspecified atom stereocenters. The number of thioether (sulfide) groups is 1. The number of carboxylic acids is 1. The average Bonchev–Trinajstić information content (AvgIpc) is 2.90. The van der Waals surface area contributed by atoms with E-state index >= 15 is 0 Å². The standard InChI is InChI=1S/C17H10Cl2N2O3S/c18-10-6-5-9(12(19)8-10)7-14-15(22)21-17(25-14)20-13-4-2-1-3-11(13)16(23)24/h1-8H,(H,23,24)(H,20,21,22). The first-order valence-corrected chi connectivity index (χ1v) is 8.58. The summed E-state index contributed by atoms with van der Waals surface area (Å²) in [6, 6.07) is 11.3. The fourth-order valence-electron chi connectivity index (χ4n) is 2.10. The third kappa shape index (κ3) is 4.04. The summed E-state index contributed by atoms with van der Waals surface area (Å²) in [6.45, 7) is 0. The van der Waals surface area contributed by atoms with Gasteiger partial charge >= 0.3 is 5.97 Å². The van der Waals surface area contributed by atoms with Crippen LogP contribution < -0.4 is 5.32 Å². The molecule has 0 aliphatic carbocycles. The quantitative estimate of drug-likeness (QED) is 0.748. The maximum absolute atomic E-state index is 12.1. The Morgan fingerprint density at radius 1 is 1.20 bits per heavy atom. The molecule has 1 fully saturated rings. The van der Waals surface area contributed by atoms with Crippen LogP contribution in [0.1, 0.15) is 15.9 Å².